The van der Waals surface area contributed by atoms with E-state index in [0.717, 1.165) is 17.7 Å². The van der Waals surface area contributed by atoms with Gasteiger partial charge in [-0.25, -0.2) is 4.39 Å². The summed E-state index contributed by atoms with van der Waals surface area (Å²) in [6.07, 6.45) is 0. The van der Waals surface area contributed by atoms with Crippen molar-refractivity contribution in [3.63, 3.8) is 0 Å². The minimum Gasteiger partial charge on any atom is -0.457 e. The van der Waals surface area contributed by atoms with E-state index in [4.69, 9.17) is 16.3 Å². The molecule has 0 aliphatic heterocycles. The SMILES string of the molecule is CCNCc1ccc(Oc2cc(F)ccc2C)cc1Cl. The number of hydrogen-bond acceptors (Lipinski definition) is 2. The molecular weight excluding hydrogens is 277 g/mol. The van der Waals surface area contributed by atoms with Gasteiger partial charge in [-0.1, -0.05) is 30.7 Å². The van der Waals surface area contributed by atoms with Crippen molar-refractivity contribution in [2.75, 3.05) is 6.54 Å². The molecule has 4 heteroatoms. The molecular formula is C16H17ClFNO. The molecule has 0 atom stereocenters. The lowest BCUT2D eigenvalue weighted by molar-refractivity contribution is 0.472. The predicted octanol–water partition coefficient (Wildman–Crippen LogP) is 4.69. The van der Waals surface area contributed by atoms with Crippen LogP contribution in [0.4, 0.5) is 4.39 Å². The number of ether oxygens (including phenoxy) is 1. The molecule has 0 spiro atoms. The molecule has 0 heterocycles. The van der Waals surface area contributed by atoms with Crippen LogP contribution >= 0.6 is 11.6 Å². The first kappa shape index (κ1) is 14.8. The first-order valence-electron chi connectivity index (χ1n) is 6.53. The van der Waals surface area contributed by atoms with E-state index in [2.05, 4.69) is 5.32 Å². The van der Waals surface area contributed by atoms with Gasteiger partial charge in [0.05, 0.1) is 0 Å². The molecule has 0 saturated heterocycles. The Morgan fingerprint density at radius 3 is 2.70 bits per heavy atom. The van der Waals surface area contributed by atoms with Crippen LogP contribution in [0.15, 0.2) is 36.4 Å². The van der Waals surface area contributed by atoms with Crippen LogP contribution in [0, 0.1) is 12.7 Å². The Labute approximate surface area is 123 Å². The average molecular weight is 294 g/mol. The van der Waals surface area contributed by atoms with Crippen molar-refractivity contribution in [2.45, 2.75) is 20.4 Å². The second-order valence-electron chi connectivity index (χ2n) is 4.55. The molecule has 2 aromatic carbocycles. The first-order valence-corrected chi connectivity index (χ1v) is 6.91. The van der Waals surface area contributed by atoms with Gasteiger partial charge in [-0.05, 0) is 42.8 Å². The third-order valence-corrected chi connectivity index (χ3v) is 3.32. The highest BCUT2D eigenvalue weighted by Crippen LogP contribution is 2.29. The molecule has 0 saturated carbocycles. The molecule has 0 bridgehead atoms. The molecule has 0 radical (unpaired) electrons. The van der Waals surface area contributed by atoms with Gasteiger partial charge in [0, 0.05) is 17.6 Å². The highest BCUT2D eigenvalue weighted by molar-refractivity contribution is 6.31. The Morgan fingerprint density at radius 2 is 2.00 bits per heavy atom. The summed E-state index contributed by atoms with van der Waals surface area (Å²) in [6, 6.07) is 9.96. The quantitative estimate of drug-likeness (QED) is 0.863. The lowest BCUT2D eigenvalue weighted by Crippen LogP contribution is -2.11. The van der Waals surface area contributed by atoms with Crippen molar-refractivity contribution in [3.8, 4) is 11.5 Å². The highest BCUT2D eigenvalue weighted by Gasteiger charge is 2.06. The summed E-state index contributed by atoms with van der Waals surface area (Å²) in [6.45, 7) is 5.51. The van der Waals surface area contributed by atoms with Gasteiger partial charge < -0.3 is 10.1 Å². The van der Waals surface area contributed by atoms with Crippen LogP contribution in [-0.2, 0) is 6.54 Å². The molecule has 2 nitrogen and oxygen atoms in total. The van der Waals surface area contributed by atoms with Crippen LogP contribution in [0.1, 0.15) is 18.1 Å². The standard InChI is InChI=1S/C16H17ClFNO/c1-3-19-10-12-5-7-14(9-15(12)17)20-16-8-13(18)6-4-11(16)2/h4-9,19H,3,10H2,1-2H3. The second kappa shape index (κ2) is 6.73. The summed E-state index contributed by atoms with van der Waals surface area (Å²) in [5, 5.41) is 3.85. The highest BCUT2D eigenvalue weighted by atomic mass is 35.5. The summed E-state index contributed by atoms with van der Waals surface area (Å²) in [4.78, 5) is 0. The first-order chi connectivity index (χ1) is 9.60. The second-order valence-corrected chi connectivity index (χ2v) is 4.95. The molecule has 2 aromatic rings. The van der Waals surface area contributed by atoms with Crippen molar-refractivity contribution in [3.05, 3.63) is 58.4 Å². The maximum absolute atomic E-state index is 13.2. The van der Waals surface area contributed by atoms with Gasteiger partial charge in [-0.3, -0.25) is 0 Å². The Hall–Kier alpha value is -1.58. The molecule has 0 aliphatic rings. The van der Waals surface area contributed by atoms with Crippen LogP contribution < -0.4 is 10.1 Å². The van der Waals surface area contributed by atoms with Gasteiger partial charge in [0.25, 0.3) is 0 Å². The number of nitrogens with one attached hydrogen (secondary N) is 1. The molecule has 0 unspecified atom stereocenters. The Bertz CT molecular complexity index is 601. The summed E-state index contributed by atoms with van der Waals surface area (Å²) in [5.74, 6) is 0.782. The molecule has 2 rings (SSSR count). The Kier molecular flexibility index (Phi) is 4.99. The van der Waals surface area contributed by atoms with E-state index in [-0.39, 0.29) is 5.82 Å². The zero-order chi connectivity index (χ0) is 14.5. The van der Waals surface area contributed by atoms with E-state index in [0.29, 0.717) is 23.1 Å². The average Bonchev–Trinajstić information content (AvgIpc) is 2.42. The van der Waals surface area contributed by atoms with E-state index in [1.54, 1.807) is 12.1 Å². The summed E-state index contributed by atoms with van der Waals surface area (Å²) < 4.78 is 18.9. The normalized spacial score (nSPS) is 10.6. The van der Waals surface area contributed by atoms with Crippen LogP contribution in [0.3, 0.4) is 0 Å². The van der Waals surface area contributed by atoms with Crippen LogP contribution in [-0.4, -0.2) is 6.54 Å². The van der Waals surface area contributed by atoms with E-state index in [1.807, 2.05) is 26.0 Å². The van der Waals surface area contributed by atoms with Gasteiger partial charge in [0.15, 0.2) is 0 Å². The van der Waals surface area contributed by atoms with E-state index < -0.39 is 0 Å². The predicted molar refractivity (Wildman–Crippen MR) is 80.0 cm³/mol. The third-order valence-electron chi connectivity index (χ3n) is 2.97. The minimum absolute atomic E-state index is 0.319. The van der Waals surface area contributed by atoms with Crippen molar-refractivity contribution in [1.82, 2.24) is 5.32 Å². The summed E-state index contributed by atoms with van der Waals surface area (Å²) >= 11 is 6.21. The van der Waals surface area contributed by atoms with Crippen molar-refractivity contribution < 1.29 is 9.13 Å². The van der Waals surface area contributed by atoms with Gasteiger partial charge >= 0.3 is 0 Å². The van der Waals surface area contributed by atoms with E-state index in [9.17, 15) is 4.39 Å². The molecule has 0 amide bonds. The monoisotopic (exact) mass is 293 g/mol. The Balaban J connectivity index is 2.17. The third kappa shape index (κ3) is 3.71. The van der Waals surface area contributed by atoms with Crippen LogP contribution in [0.2, 0.25) is 5.02 Å². The lowest BCUT2D eigenvalue weighted by atomic mass is 10.2. The molecule has 0 fully saturated rings. The lowest BCUT2D eigenvalue weighted by Gasteiger charge is -2.11. The summed E-state index contributed by atoms with van der Waals surface area (Å²) in [7, 11) is 0. The van der Waals surface area contributed by atoms with Gasteiger partial charge in [-0.15, -0.1) is 0 Å². The van der Waals surface area contributed by atoms with Crippen molar-refractivity contribution in [2.24, 2.45) is 0 Å². The van der Waals surface area contributed by atoms with E-state index in [1.165, 1.54) is 12.1 Å². The maximum atomic E-state index is 13.2. The van der Waals surface area contributed by atoms with Crippen molar-refractivity contribution >= 4 is 11.6 Å². The molecule has 106 valence electrons. The number of benzene rings is 2. The molecule has 0 aliphatic carbocycles. The minimum atomic E-state index is -0.319. The fraction of sp³-hybridized carbons (Fsp3) is 0.250. The fourth-order valence-electron chi connectivity index (χ4n) is 1.81. The number of aryl methyl sites for hydroxylation is 1. The van der Waals surface area contributed by atoms with Gasteiger partial charge in [0.2, 0.25) is 0 Å². The van der Waals surface area contributed by atoms with Crippen LogP contribution in [0.5, 0.6) is 11.5 Å². The summed E-state index contributed by atoms with van der Waals surface area (Å²) in [5.41, 5.74) is 1.89. The molecule has 20 heavy (non-hydrogen) atoms. The van der Waals surface area contributed by atoms with Crippen LogP contribution in [0.25, 0.3) is 0 Å². The number of rotatable bonds is 5. The van der Waals surface area contributed by atoms with Crippen molar-refractivity contribution in [1.29, 1.82) is 0 Å². The largest absolute Gasteiger partial charge is 0.457 e. The molecule has 1 N–H and O–H groups in total. The molecule has 0 aromatic heterocycles. The van der Waals surface area contributed by atoms with Gasteiger partial charge in [-0.2, -0.15) is 0 Å². The Morgan fingerprint density at radius 1 is 1.20 bits per heavy atom. The zero-order valence-electron chi connectivity index (χ0n) is 11.5. The fourth-order valence-corrected chi connectivity index (χ4v) is 2.04. The maximum Gasteiger partial charge on any atom is 0.133 e. The number of halogens is 2. The van der Waals surface area contributed by atoms with E-state index >= 15 is 0 Å². The smallest absolute Gasteiger partial charge is 0.133 e. The zero-order valence-corrected chi connectivity index (χ0v) is 12.3. The van der Waals surface area contributed by atoms with Gasteiger partial charge in [0.1, 0.15) is 17.3 Å². The topological polar surface area (TPSA) is 21.3 Å². The number of hydrogen-bond donors (Lipinski definition) is 1.